The summed E-state index contributed by atoms with van der Waals surface area (Å²) in [7, 11) is 0. The Kier molecular flexibility index (Phi) is 3.09. The third-order valence-electron chi connectivity index (χ3n) is 2.96. The van der Waals surface area contributed by atoms with E-state index < -0.39 is 0 Å². The number of amides is 1. The van der Waals surface area contributed by atoms with Crippen molar-refractivity contribution < 1.29 is 9.90 Å². The van der Waals surface area contributed by atoms with Gasteiger partial charge in [-0.15, -0.1) is 0 Å². The fourth-order valence-corrected chi connectivity index (χ4v) is 2.04. The van der Waals surface area contributed by atoms with Gasteiger partial charge < -0.3 is 16.2 Å². The number of nitrogens with two attached hydrogens (primary N) is 1. The third kappa shape index (κ3) is 2.33. The summed E-state index contributed by atoms with van der Waals surface area (Å²) in [6.07, 6.45) is 3.75. The van der Waals surface area contributed by atoms with Gasteiger partial charge in [-0.05, 0) is 25.2 Å². The van der Waals surface area contributed by atoms with Crippen molar-refractivity contribution in [2.24, 2.45) is 5.92 Å². The molecule has 1 aromatic heterocycles. The molecule has 1 aromatic rings. The van der Waals surface area contributed by atoms with E-state index in [0.29, 0.717) is 23.8 Å². The zero-order valence-electron chi connectivity index (χ0n) is 8.94. The summed E-state index contributed by atoms with van der Waals surface area (Å²) in [6, 6.07) is 0. The number of carbonyl (C=O) groups excluding carboxylic acids is 1. The second-order valence-corrected chi connectivity index (χ2v) is 4.24. The predicted molar refractivity (Wildman–Crippen MR) is 58.7 cm³/mol. The number of H-pyrrole nitrogens is 1. The molecule has 0 radical (unpaired) electrons. The van der Waals surface area contributed by atoms with E-state index in [4.69, 9.17) is 5.73 Å². The average Bonchev–Trinajstić information content (AvgIpc) is 2.84. The lowest BCUT2D eigenvalue weighted by atomic mass is 10.1. The molecule has 0 saturated heterocycles. The van der Waals surface area contributed by atoms with Crippen LogP contribution in [-0.2, 0) is 0 Å². The van der Waals surface area contributed by atoms with Crippen LogP contribution in [0, 0.1) is 5.92 Å². The van der Waals surface area contributed by atoms with Crippen molar-refractivity contribution in [2.45, 2.75) is 25.4 Å². The highest BCUT2D eigenvalue weighted by Crippen LogP contribution is 2.24. The highest BCUT2D eigenvalue weighted by atomic mass is 16.3. The van der Waals surface area contributed by atoms with Crippen LogP contribution in [0.2, 0.25) is 0 Å². The summed E-state index contributed by atoms with van der Waals surface area (Å²) >= 11 is 0. The zero-order chi connectivity index (χ0) is 11.5. The van der Waals surface area contributed by atoms with Crippen LogP contribution in [0.4, 0.5) is 5.69 Å². The summed E-state index contributed by atoms with van der Waals surface area (Å²) in [5.74, 6) is 0.125. The molecule has 6 nitrogen and oxygen atoms in total. The molecule has 0 aromatic carbocycles. The number of hydrogen-bond acceptors (Lipinski definition) is 4. The quantitative estimate of drug-likeness (QED) is 0.574. The summed E-state index contributed by atoms with van der Waals surface area (Å²) in [4.78, 5) is 11.6. The summed E-state index contributed by atoms with van der Waals surface area (Å²) in [5, 5.41) is 18.4. The smallest absolute Gasteiger partial charge is 0.271 e. The standard InChI is InChI=1S/C10H16N4O2/c11-8-5-13-14-9(8)10(16)12-4-6-1-2-7(15)3-6/h5-7,15H,1-4,11H2,(H,12,16)(H,13,14). The number of aliphatic hydroxyl groups is 1. The van der Waals surface area contributed by atoms with Crippen molar-refractivity contribution in [1.82, 2.24) is 15.5 Å². The lowest BCUT2D eigenvalue weighted by Crippen LogP contribution is -2.29. The number of rotatable bonds is 3. The third-order valence-corrected chi connectivity index (χ3v) is 2.96. The average molecular weight is 224 g/mol. The van der Waals surface area contributed by atoms with Crippen LogP contribution >= 0.6 is 0 Å². The van der Waals surface area contributed by atoms with Gasteiger partial charge in [0.2, 0.25) is 0 Å². The first-order valence-corrected chi connectivity index (χ1v) is 5.42. The summed E-state index contributed by atoms with van der Waals surface area (Å²) in [5.41, 5.74) is 6.21. The van der Waals surface area contributed by atoms with Crippen LogP contribution in [-0.4, -0.2) is 33.9 Å². The number of hydrogen-bond donors (Lipinski definition) is 4. The number of nitrogen functional groups attached to an aromatic ring is 1. The van der Waals surface area contributed by atoms with Gasteiger partial charge >= 0.3 is 0 Å². The van der Waals surface area contributed by atoms with Crippen molar-refractivity contribution in [3.05, 3.63) is 11.9 Å². The second-order valence-electron chi connectivity index (χ2n) is 4.24. The van der Waals surface area contributed by atoms with E-state index in [2.05, 4.69) is 15.5 Å². The van der Waals surface area contributed by atoms with Gasteiger partial charge in [-0.1, -0.05) is 0 Å². The van der Waals surface area contributed by atoms with Crippen molar-refractivity contribution in [3.8, 4) is 0 Å². The first-order chi connectivity index (χ1) is 7.66. The minimum atomic E-state index is -0.239. The number of nitrogens with one attached hydrogen (secondary N) is 2. The summed E-state index contributed by atoms with van der Waals surface area (Å²) in [6.45, 7) is 0.578. The molecule has 1 saturated carbocycles. The Hall–Kier alpha value is -1.56. The van der Waals surface area contributed by atoms with Crippen LogP contribution < -0.4 is 11.1 Å². The lowest BCUT2D eigenvalue weighted by molar-refractivity contribution is 0.0941. The monoisotopic (exact) mass is 224 g/mol. The van der Waals surface area contributed by atoms with Gasteiger partial charge in [0.1, 0.15) is 5.69 Å². The SMILES string of the molecule is Nc1cn[nH]c1C(=O)NCC1CCC(O)C1. The molecular formula is C10H16N4O2. The zero-order valence-corrected chi connectivity index (χ0v) is 8.94. The molecule has 16 heavy (non-hydrogen) atoms. The molecule has 1 aliphatic rings. The molecule has 1 fully saturated rings. The Balaban J connectivity index is 1.82. The maximum atomic E-state index is 11.6. The van der Waals surface area contributed by atoms with E-state index in [1.54, 1.807) is 0 Å². The number of aromatic nitrogens is 2. The van der Waals surface area contributed by atoms with Gasteiger partial charge in [-0.25, -0.2) is 0 Å². The minimum absolute atomic E-state index is 0.209. The number of carbonyl (C=O) groups is 1. The topological polar surface area (TPSA) is 104 Å². The fraction of sp³-hybridized carbons (Fsp3) is 0.600. The van der Waals surface area contributed by atoms with Crippen LogP contribution in [0.15, 0.2) is 6.20 Å². The Bertz CT molecular complexity index is 377. The highest BCUT2D eigenvalue weighted by Gasteiger charge is 2.23. The van der Waals surface area contributed by atoms with Crippen LogP contribution in [0.5, 0.6) is 0 Å². The predicted octanol–water partition coefficient (Wildman–Crippen LogP) is -0.117. The molecular weight excluding hydrogens is 208 g/mol. The first kappa shape index (κ1) is 10.9. The Morgan fingerprint density at radius 1 is 1.69 bits per heavy atom. The van der Waals surface area contributed by atoms with Crippen molar-refractivity contribution in [1.29, 1.82) is 0 Å². The van der Waals surface area contributed by atoms with Crippen molar-refractivity contribution >= 4 is 11.6 Å². The van der Waals surface area contributed by atoms with Crippen molar-refractivity contribution in [2.75, 3.05) is 12.3 Å². The molecule has 88 valence electrons. The van der Waals surface area contributed by atoms with Crippen LogP contribution in [0.25, 0.3) is 0 Å². The molecule has 5 N–H and O–H groups in total. The van der Waals surface area contributed by atoms with Crippen LogP contribution in [0.1, 0.15) is 29.8 Å². The molecule has 0 aliphatic heterocycles. The molecule has 1 amide bonds. The van der Waals surface area contributed by atoms with Crippen molar-refractivity contribution in [3.63, 3.8) is 0 Å². The maximum Gasteiger partial charge on any atom is 0.271 e. The second kappa shape index (κ2) is 4.52. The Morgan fingerprint density at radius 2 is 2.50 bits per heavy atom. The molecule has 2 rings (SSSR count). The van der Waals surface area contributed by atoms with Gasteiger partial charge in [0.15, 0.2) is 0 Å². The first-order valence-electron chi connectivity index (χ1n) is 5.42. The molecule has 0 spiro atoms. The van der Waals surface area contributed by atoms with E-state index in [-0.39, 0.29) is 12.0 Å². The normalized spacial score (nSPS) is 24.6. The fourth-order valence-electron chi connectivity index (χ4n) is 2.04. The van der Waals surface area contributed by atoms with Gasteiger partial charge in [-0.3, -0.25) is 9.89 Å². The van der Waals surface area contributed by atoms with E-state index in [1.165, 1.54) is 6.20 Å². The number of aliphatic hydroxyl groups excluding tert-OH is 1. The molecule has 6 heteroatoms. The van der Waals surface area contributed by atoms with Gasteiger partial charge in [0, 0.05) is 6.54 Å². The van der Waals surface area contributed by atoms with E-state index in [1.807, 2.05) is 0 Å². The molecule has 2 unspecified atom stereocenters. The highest BCUT2D eigenvalue weighted by molar-refractivity contribution is 5.96. The number of aromatic amines is 1. The van der Waals surface area contributed by atoms with E-state index in [9.17, 15) is 9.90 Å². The summed E-state index contributed by atoms with van der Waals surface area (Å²) < 4.78 is 0. The van der Waals surface area contributed by atoms with Gasteiger partial charge in [0.05, 0.1) is 18.0 Å². The van der Waals surface area contributed by atoms with Gasteiger partial charge in [0.25, 0.3) is 5.91 Å². The van der Waals surface area contributed by atoms with E-state index in [0.717, 1.165) is 19.3 Å². The maximum absolute atomic E-state index is 11.6. The Morgan fingerprint density at radius 3 is 3.06 bits per heavy atom. The van der Waals surface area contributed by atoms with Crippen LogP contribution in [0.3, 0.4) is 0 Å². The lowest BCUT2D eigenvalue weighted by Gasteiger charge is -2.10. The minimum Gasteiger partial charge on any atom is -0.396 e. The largest absolute Gasteiger partial charge is 0.396 e. The molecule has 1 aliphatic carbocycles. The Labute approximate surface area is 93.2 Å². The molecule has 1 heterocycles. The molecule has 0 bridgehead atoms. The number of anilines is 1. The number of nitrogens with zero attached hydrogens (tertiary/aromatic N) is 1. The van der Waals surface area contributed by atoms with E-state index >= 15 is 0 Å². The van der Waals surface area contributed by atoms with Gasteiger partial charge in [-0.2, -0.15) is 5.10 Å². The molecule has 2 atom stereocenters.